The molecule has 2 aliphatic rings. The molecule has 1 saturated carbocycles. The van der Waals surface area contributed by atoms with Crippen LogP contribution in [0.5, 0.6) is 5.88 Å². The van der Waals surface area contributed by atoms with E-state index < -0.39 is 18.8 Å². The zero-order chi connectivity index (χ0) is 22.3. The number of nitrogens with zero attached hydrogens (tertiary/aromatic N) is 4. The van der Waals surface area contributed by atoms with Crippen LogP contribution in [0.3, 0.4) is 0 Å². The molecule has 0 aromatic carbocycles. The van der Waals surface area contributed by atoms with Crippen molar-refractivity contribution < 1.29 is 26.7 Å². The van der Waals surface area contributed by atoms with E-state index in [9.17, 15) is 27.2 Å². The predicted octanol–water partition coefficient (Wildman–Crippen LogP) is 5.40. The van der Waals surface area contributed by atoms with Crippen molar-refractivity contribution in [3.8, 4) is 11.9 Å². The van der Waals surface area contributed by atoms with Crippen molar-refractivity contribution in [1.29, 1.82) is 5.26 Å². The minimum absolute atomic E-state index is 0.0245. The SMILES string of the molecule is C[C@H](N1CC=CC=C1c1c(C#N)c2ccc(OC(F)F)nc2n1C1CCC1)C(F)(F)F. The van der Waals surface area contributed by atoms with E-state index in [1.165, 1.54) is 17.0 Å². The lowest BCUT2D eigenvalue weighted by atomic mass is 9.92. The quantitative estimate of drug-likeness (QED) is 0.587. The Hall–Kier alpha value is -3.09. The second kappa shape index (κ2) is 7.87. The summed E-state index contributed by atoms with van der Waals surface area (Å²) in [5, 5.41) is 10.3. The fourth-order valence-corrected chi connectivity index (χ4v) is 3.97. The van der Waals surface area contributed by atoms with Gasteiger partial charge < -0.3 is 14.2 Å². The lowest BCUT2D eigenvalue weighted by Gasteiger charge is -2.37. The molecule has 164 valence electrons. The summed E-state index contributed by atoms with van der Waals surface area (Å²) >= 11 is 0. The number of fused-ring (bicyclic) bond motifs is 1. The van der Waals surface area contributed by atoms with Gasteiger partial charge in [-0.25, -0.2) is 0 Å². The molecule has 0 spiro atoms. The molecular formula is C21H19F5N4O. The molecule has 2 aromatic rings. The van der Waals surface area contributed by atoms with Crippen molar-refractivity contribution in [2.75, 3.05) is 6.54 Å². The van der Waals surface area contributed by atoms with Gasteiger partial charge in [-0.3, -0.25) is 0 Å². The number of nitriles is 1. The van der Waals surface area contributed by atoms with Gasteiger partial charge >= 0.3 is 12.8 Å². The molecule has 1 aliphatic carbocycles. The van der Waals surface area contributed by atoms with Gasteiger partial charge in [0.25, 0.3) is 0 Å². The summed E-state index contributed by atoms with van der Waals surface area (Å²) in [6.45, 7) is -1.97. The summed E-state index contributed by atoms with van der Waals surface area (Å²) < 4.78 is 72.2. The molecule has 1 aliphatic heterocycles. The molecular weight excluding hydrogens is 419 g/mol. The van der Waals surface area contributed by atoms with Crippen LogP contribution >= 0.6 is 0 Å². The highest BCUT2D eigenvalue weighted by molar-refractivity contribution is 5.91. The number of rotatable bonds is 5. The third kappa shape index (κ3) is 3.73. The maximum absolute atomic E-state index is 13.6. The molecule has 1 atom stereocenters. The van der Waals surface area contributed by atoms with Gasteiger partial charge in [0.15, 0.2) is 0 Å². The number of hydrogen-bond acceptors (Lipinski definition) is 4. The van der Waals surface area contributed by atoms with E-state index in [1.54, 1.807) is 22.8 Å². The highest BCUT2D eigenvalue weighted by Gasteiger charge is 2.42. The third-order valence-electron chi connectivity index (χ3n) is 5.77. The molecule has 4 rings (SSSR count). The Morgan fingerprint density at radius 2 is 2.00 bits per heavy atom. The minimum Gasteiger partial charge on any atom is -0.417 e. The summed E-state index contributed by atoms with van der Waals surface area (Å²) in [5.41, 5.74) is 0.998. The number of halogens is 5. The molecule has 0 amide bonds. The molecule has 31 heavy (non-hydrogen) atoms. The highest BCUT2D eigenvalue weighted by atomic mass is 19.4. The van der Waals surface area contributed by atoms with Gasteiger partial charge in [0, 0.05) is 24.0 Å². The van der Waals surface area contributed by atoms with Gasteiger partial charge in [-0.15, -0.1) is 0 Å². The van der Waals surface area contributed by atoms with Gasteiger partial charge in [0.05, 0.1) is 17.0 Å². The molecule has 0 saturated heterocycles. The summed E-state index contributed by atoms with van der Waals surface area (Å²) in [6.07, 6.45) is 2.76. The number of ether oxygens (including phenoxy) is 1. The number of alkyl halides is 5. The van der Waals surface area contributed by atoms with Gasteiger partial charge in [-0.1, -0.05) is 12.2 Å². The van der Waals surface area contributed by atoms with E-state index in [2.05, 4.69) is 15.8 Å². The van der Waals surface area contributed by atoms with Crippen molar-refractivity contribution in [2.24, 2.45) is 0 Å². The maximum atomic E-state index is 13.6. The van der Waals surface area contributed by atoms with Crippen LogP contribution in [0.4, 0.5) is 22.0 Å². The smallest absolute Gasteiger partial charge is 0.408 e. The lowest BCUT2D eigenvalue weighted by Crippen LogP contribution is -2.43. The standard InChI is InChI=1S/C21H19F5N4O/c1-12(21(24,25)26)29-10-3-2-7-16(29)18-15(11-27)14-8-9-17(31-20(22)23)28-19(14)30(18)13-5-4-6-13/h2-3,7-9,12-13,20H,4-6,10H2,1H3/t12-/m0/s1. The van der Waals surface area contributed by atoms with Crippen molar-refractivity contribution in [3.63, 3.8) is 0 Å². The van der Waals surface area contributed by atoms with Crippen LogP contribution in [-0.2, 0) is 0 Å². The molecule has 0 radical (unpaired) electrons. The molecule has 0 unspecified atom stereocenters. The Labute approximate surface area is 175 Å². The lowest BCUT2D eigenvalue weighted by molar-refractivity contribution is -0.169. The average Bonchev–Trinajstić information content (AvgIpc) is 2.98. The van der Waals surface area contributed by atoms with E-state index in [0.717, 1.165) is 26.2 Å². The van der Waals surface area contributed by atoms with Crippen LogP contribution in [0.15, 0.2) is 30.4 Å². The largest absolute Gasteiger partial charge is 0.417 e. The van der Waals surface area contributed by atoms with E-state index in [0.29, 0.717) is 11.1 Å². The second-order valence-electron chi connectivity index (χ2n) is 7.54. The van der Waals surface area contributed by atoms with Gasteiger partial charge in [-0.2, -0.15) is 32.2 Å². The van der Waals surface area contributed by atoms with Crippen LogP contribution in [0.25, 0.3) is 16.7 Å². The van der Waals surface area contributed by atoms with E-state index in [1.807, 2.05) is 0 Å². The number of aromatic nitrogens is 2. The third-order valence-corrected chi connectivity index (χ3v) is 5.77. The molecule has 10 heteroatoms. The Morgan fingerprint density at radius 3 is 2.58 bits per heavy atom. The van der Waals surface area contributed by atoms with Crippen LogP contribution in [0.2, 0.25) is 0 Å². The number of pyridine rings is 1. The number of allylic oxidation sites excluding steroid dienone is 2. The van der Waals surface area contributed by atoms with Crippen LogP contribution < -0.4 is 4.74 Å². The monoisotopic (exact) mass is 438 g/mol. The summed E-state index contributed by atoms with van der Waals surface area (Å²) in [5.74, 6) is -0.311. The van der Waals surface area contributed by atoms with Gasteiger partial charge in [-0.05, 0) is 38.3 Å². The van der Waals surface area contributed by atoms with Crippen LogP contribution in [-0.4, -0.2) is 39.8 Å². The van der Waals surface area contributed by atoms with Crippen LogP contribution in [0.1, 0.15) is 43.5 Å². The first kappa shape index (κ1) is 21.2. The van der Waals surface area contributed by atoms with Crippen molar-refractivity contribution in [3.05, 3.63) is 41.6 Å². The highest BCUT2D eigenvalue weighted by Crippen LogP contribution is 2.43. The van der Waals surface area contributed by atoms with E-state index in [4.69, 9.17) is 0 Å². The molecule has 5 nitrogen and oxygen atoms in total. The average molecular weight is 438 g/mol. The maximum Gasteiger partial charge on any atom is 0.408 e. The van der Waals surface area contributed by atoms with Crippen molar-refractivity contribution in [2.45, 2.75) is 51.1 Å². The summed E-state index contributed by atoms with van der Waals surface area (Å²) in [7, 11) is 0. The molecule has 2 aromatic heterocycles. The molecule has 3 heterocycles. The Kier molecular flexibility index (Phi) is 5.37. The van der Waals surface area contributed by atoms with E-state index in [-0.39, 0.29) is 35.4 Å². The zero-order valence-electron chi connectivity index (χ0n) is 16.5. The summed E-state index contributed by atoms with van der Waals surface area (Å²) in [6, 6.07) is 2.90. The van der Waals surface area contributed by atoms with Crippen molar-refractivity contribution in [1.82, 2.24) is 14.5 Å². The van der Waals surface area contributed by atoms with Crippen molar-refractivity contribution >= 4 is 16.7 Å². The normalized spacial score (nSPS) is 18.1. The Morgan fingerprint density at radius 1 is 1.26 bits per heavy atom. The van der Waals surface area contributed by atoms with Gasteiger partial charge in [0.1, 0.15) is 17.8 Å². The fourth-order valence-electron chi connectivity index (χ4n) is 3.97. The number of hydrogen-bond donors (Lipinski definition) is 0. The van der Waals surface area contributed by atoms with E-state index >= 15 is 0 Å². The minimum atomic E-state index is -4.47. The Balaban J connectivity index is 1.95. The first-order valence-corrected chi connectivity index (χ1v) is 9.82. The fraction of sp³-hybridized carbons (Fsp3) is 0.429. The topological polar surface area (TPSA) is 54.1 Å². The molecule has 0 bridgehead atoms. The Bertz CT molecular complexity index is 1090. The van der Waals surface area contributed by atoms with Gasteiger partial charge in [0.2, 0.25) is 5.88 Å². The first-order chi connectivity index (χ1) is 14.7. The zero-order valence-corrected chi connectivity index (χ0v) is 16.5. The molecule has 0 N–H and O–H groups in total. The van der Waals surface area contributed by atoms with Crippen LogP contribution in [0, 0.1) is 11.3 Å². The predicted molar refractivity (Wildman–Crippen MR) is 103 cm³/mol. The molecule has 1 fully saturated rings. The first-order valence-electron chi connectivity index (χ1n) is 9.82. The second-order valence-corrected chi connectivity index (χ2v) is 7.54. The summed E-state index contributed by atoms with van der Waals surface area (Å²) in [4.78, 5) is 5.38.